The highest BCUT2D eigenvalue weighted by atomic mass is 19.1. The number of hydrogen-bond donors (Lipinski definition) is 0. The van der Waals surface area contributed by atoms with Crippen molar-refractivity contribution in [3.05, 3.63) is 42.2 Å². The van der Waals surface area contributed by atoms with Crippen molar-refractivity contribution in [2.24, 2.45) is 0 Å². The summed E-state index contributed by atoms with van der Waals surface area (Å²) in [5.74, 6) is -0.276. The van der Waals surface area contributed by atoms with Gasteiger partial charge in [0.05, 0.1) is 6.04 Å². The van der Waals surface area contributed by atoms with Crippen LogP contribution in [0, 0.1) is 5.82 Å². The molecule has 0 bridgehead atoms. The predicted molar refractivity (Wildman–Crippen MR) is 81.4 cm³/mol. The molecule has 1 aromatic rings. The van der Waals surface area contributed by atoms with Crippen LogP contribution in [0.1, 0.15) is 39.2 Å². The van der Waals surface area contributed by atoms with E-state index in [0.717, 1.165) is 24.0 Å². The van der Waals surface area contributed by atoms with Crippen molar-refractivity contribution in [3.63, 3.8) is 0 Å². The lowest BCUT2D eigenvalue weighted by molar-refractivity contribution is 0.0261. The number of halogens is 1. The van der Waals surface area contributed by atoms with Crippen LogP contribution in [0.4, 0.5) is 9.18 Å². The number of carbonyl (C=O) groups excluding carboxylic acids is 1. The number of hydrogen-bond acceptors (Lipinski definition) is 2. The zero-order chi connectivity index (χ0) is 15.6. The van der Waals surface area contributed by atoms with Crippen LogP contribution in [0.15, 0.2) is 30.8 Å². The average Bonchev–Trinajstić information content (AvgIpc) is 2.86. The third-order valence-electron chi connectivity index (χ3n) is 3.50. The Kier molecular flexibility index (Phi) is 4.35. The molecule has 1 heterocycles. The van der Waals surface area contributed by atoms with E-state index in [-0.39, 0.29) is 18.0 Å². The maximum absolute atomic E-state index is 13.0. The molecule has 0 radical (unpaired) electrons. The Morgan fingerprint density at radius 3 is 2.52 bits per heavy atom. The number of amides is 1. The minimum absolute atomic E-state index is 0.0784. The minimum atomic E-state index is -0.512. The normalized spacial score (nSPS) is 18.7. The van der Waals surface area contributed by atoms with Gasteiger partial charge < -0.3 is 9.64 Å². The highest BCUT2D eigenvalue weighted by Gasteiger charge is 2.33. The topological polar surface area (TPSA) is 29.5 Å². The Balaban J connectivity index is 2.13. The van der Waals surface area contributed by atoms with Gasteiger partial charge in [0.2, 0.25) is 0 Å². The molecule has 1 unspecified atom stereocenters. The Labute approximate surface area is 125 Å². The SMILES string of the molecule is C=C(c1ccc(F)cc1)C1CCCN1C(=O)OC(C)(C)C. The molecule has 0 saturated carbocycles. The fraction of sp³-hybridized carbons (Fsp3) is 0.471. The summed E-state index contributed by atoms with van der Waals surface area (Å²) in [6, 6.07) is 6.14. The molecule has 0 aliphatic carbocycles. The van der Waals surface area contributed by atoms with Crippen LogP contribution in [-0.4, -0.2) is 29.2 Å². The van der Waals surface area contributed by atoms with Gasteiger partial charge in [0.15, 0.2) is 0 Å². The summed E-state index contributed by atoms with van der Waals surface area (Å²) in [7, 11) is 0. The Hall–Kier alpha value is -1.84. The molecular weight excluding hydrogens is 269 g/mol. The summed E-state index contributed by atoms with van der Waals surface area (Å²) in [5.41, 5.74) is 1.18. The standard InChI is InChI=1S/C17H22FNO2/c1-12(13-7-9-14(18)10-8-13)15-6-5-11-19(15)16(20)21-17(2,3)4/h7-10,15H,1,5-6,11H2,2-4H3. The van der Waals surface area contributed by atoms with E-state index in [9.17, 15) is 9.18 Å². The van der Waals surface area contributed by atoms with E-state index >= 15 is 0 Å². The number of likely N-dealkylation sites (tertiary alicyclic amines) is 1. The lowest BCUT2D eigenvalue weighted by Gasteiger charge is -2.29. The molecule has 1 amide bonds. The van der Waals surface area contributed by atoms with Crippen molar-refractivity contribution in [2.75, 3.05) is 6.54 Å². The fourth-order valence-electron chi connectivity index (χ4n) is 2.52. The first-order valence-electron chi connectivity index (χ1n) is 7.22. The first kappa shape index (κ1) is 15.5. The lowest BCUT2D eigenvalue weighted by Crippen LogP contribution is -2.40. The van der Waals surface area contributed by atoms with E-state index in [1.54, 1.807) is 17.0 Å². The molecule has 1 aliphatic heterocycles. The van der Waals surface area contributed by atoms with Gasteiger partial charge in [-0.3, -0.25) is 0 Å². The maximum atomic E-state index is 13.0. The van der Waals surface area contributed by atoms with Gasteiger partial charge in [-0.1, -0.05) is 18.7 Å². The minimum Gasteiger partial charge on any atom is -0.444 e. The van der Waals surface area contributed by atoms with Crippen LogP contribution in [0.5, 0.6) is 0 Å². The van der Waals surface area contributed by atoms with Crippen molar-refractivity contribution in [3.8, 4) is 0 Å². The van der Waals surface area contributed by atoms with Crippen molar-refractivity contribution < 1.29 is 13.9 Å². The van der Waals surface area contributed by atoms with Crippen molar-refractivity contribution in [1.82, 2.24) is 4.90 Å². The van der Waals surface area contributed by atoms with E-state index in [0.29, 0.717) is 6.54 Å². The second-order valence-corrected chi connectivity index (χ2v) is 6.36. The Morgan fingerprint density at radius 1 is 1.33 bits per heavy atom. The molecular formula is C17H22FNO2. The largest absolute Gasteiger partial charge is 0.444 e. The van der Waals surface area contributed by atoms with Gasteiger partial charge in [-0.15, -0.1) is 0 Å². The molecule has 1 aliphatic rings. The highest BCUT2D eigenvalue weighted by molar-refractivity contribution is 5.76. The number of ether oxygens (including phenoxy) is 1. The number of nitrogens with zero attached hydrogens (tertiary/aromatic N) is 1. The van der Waals surface area contributed by atoms with Crippen LogP contribution >= 0.6 is 0 Å². The van der Waals surface area contributed by atoms with Crippen LogP contribution in [0.25, 0.3) is 5.57 Å². The summed E-state index contributed by atoms with van der Waals surface area (Å²) < 4.78 is 18.4. The average molecular weight is 291 g/mol. The summed E-state index contributed by atoms with van der Waals surface area (Å²) >= 11 is 0. The third-order valence-corrected chi connectivity index (χ3v) is 3.50. The van der Waals surface area contributed by atoms with Gasteiger partial charge in [-0.25, -0.2) is 9.18 Å². The third kappa shape index (κ3) is 3.84. The quantitative estimate of drug-likeness (QED) is 0.815. The maximum Gasteiger partial charge on any atom is 0.410 e. The van der Waals surface area contributed by atoms with Gasteiger partial charge in [0.25, 0.3) is 0 Å². The second-order valence-electron chi connectivity index (χ2n) is 6.36. The number of benzene rings is 1. The van der Waals surface area contributed by atoms with E-state index in [1.165, 1.54) is 12.1 Å². The van der Waals surface area contributed by atoms with Gasteiger partial charge in [0, 0.05) is 6.54 Å². The van der Waals surface area contributed by atoms with Crippen LogP contribution in [0.2, 0.25) is 0 Å². The van der Waals surface area contributed by atoms with Gasteiger partial charge in [-0.2, -0.15) is 0 Å². The van der Waals surface area contributed by atoms with Crippen molar-refractivity contribution in [1.29, 1.82) is 0 Å². The van der Waals surface area contributed by atoms with Crippen LogP contribution in [0.3, 0.4) is 0 Å². The zero-order valence-electron chi connectivity index (χ0n) is 12.9. The summed E-state index contributed by atoms with van der Waals surface area (Å²) in [6.45, 7) is 10.3. The number of carbonyl (C=O) groups is 1. The Morgan fingerprint density at radius 2 is 1.95 bits per heavy atom. The molecule has 0 spiro atoms. The molecule has 1 saturated heterocycles. The van der Waals surface area contributed by atoms with E-state index in [4.69, 9.17) is 4.74 Å². The highest BCUT2D eigenvalue weighted by Crippen LogP contribution is 2.30. The molecule has 21 heavy (non-hydrogen) atoms. The molecule has 1 atom stereocenters. The number of rotatable bonds is 2. The summed E-state index contributed by atoms with van der Waals surface area (Å²) in [5, 5.41) is 0. The van der Waals surface area contributed by atoms with E-state index < -0.39 is 5.60 Å². The van der Waals surface area contributed by atoms with E-state index in [1.807, 2.05) is 20.8 Å². The van der Waals surface area contributed by atoms with Crippen molar-refractivity contribution in [2.45, 2.75) is 45.3 Å². The fourth-order valence-corrected chi connectivity index (χ4v) is 2.52. The molecule has 0 N–H and O–H groups in total. The van der Waals surface area contributed by atoms with E-state index in [2.05, 4.69) is 6.58 Å². The van der Waals surface area contributed by atoms with Crippen molar-refractivity contribution >= 4 is 11.7 Å². The van der Waals surface area contributed by atoms with Crippen LogP contribution < -0.4 is 0 Å². The molecule has 4 heteroatoms. The second kappa shape index (κ2) is 5.88. The molecule has 1 fully saturated rings. The molecule has 3 nitrogen and oxygen atoms in total. The zero-order valence-corrected chi connectivity index (χ0v) is 12.9. The summed E-state index contributed by atoms with van der Waals surface area (Å²) in [4.78, 5) is 14.0. The molecule has 114 valence electrons. The van der Waals surface area contributed by atoms with Crippen LogP contribution in [-0.2, 0) is 4.74 Å². The smallest absolute Gasteiger partial charge is 0.410 e. The predicted octanol–water partition coefficient (Wildman–Crippen LogP) is 4.24. The molecule has 1 aromatic carbocycles. The first-order valence-corrected chi connectivity index (χ1v) is 7.22. The molecule has 0 aromatic heterocycles. The first-order chi connectivity index (χ1) is 9.78. The Bertz CT molecular complexity index is 531. The molecule has 2 rings (SSSR count). The van der Waals surface area contributed by atoms with Gasteiger partial charge in [-0.05, 0) is 56.9 Å². The monoisotopic (exact) mass is 291 g/mol. The summed E-state index contributed by atoms with van der Waals surface area (Å²) in [6.07, 6.45) is 1.47. The van der Waals surface area contributed by atoms with Gasteiger partial charge >= 0.3 is 6.09 Å². The lowest BCUT2D eigenvalue weighted by atomic mass is 9.98. The van der Waals surface area contributed by atoms with Gasteiger partial charge in [0.1, 0.15) is 11.4 Å².